The fourth-order valence-corrected chi connectivity index (χ4v) is 2.27. The van der Waals surface area contributed by atoms with Crippen LogP contribution < -0.4 is 14.8 Å². The van der Waals surface area contributed by atoms with Crippen molar-refractivity contribution in [3.63, 3.8) is 0 Å². The first-order valence-corrected chi connectivity index (χ1v) is 7.15. The molecule has 1 atom stereocenters. The van der Waals surface area contributed by atoms with Gasteiger partial charge in [0.1, 0.15) is 11.5 Å². The molecule has 0 radical (unpaired) electrons. The van der Waals surface area contributed by atoms with E-state index < -0.39 is 6.10 Å². The molecule has 1 aromatic carbocycles. The third-order valence-electron chi connectivity index (χ3n) is 3.79. The summed E-state index contributed by atoms with van der Waals surface area (Å²) in [6, 6.07) is 5.39. The molecule has 0 spiro atoms. The Hall–Kier alpha value is -2.05. The van der Waals surface area contributed by atoms with Crippen molar-refractivity contribution in [2.45, 2.75) is 19.6 Å². The number of aliphatic hydroxyl groups excluding tert-OH is 1. The fraction of sp³-hybridized carbons (Fsp3) is 0.438. The van der Waals surface area contributed by atoms with Crippen LogP contribution in [0.2, 0.25) is 0 Å². The summed E-state index contributed by atoms with van der Waals surface area (Å²) in [6.07, 6.45) is 1.16. The summed E-state index contributed by atoms with van der Waals surface area (Å²) < 4.78 is 12.3. The minimum absolute atomic E-state index is 0.415. The highest BCUT2D eigenvalue weighted by molar-refractivity contribution is 5.41. The molecule has 120 valence electrons. The van der Waals surface area contributed by atoms with E-state index in [0.29, 0.717) is 30.2 Å². The van der Waals surface area contributed by atoms with Crippen LogP contribution in [0.3, 0.4) is 0 Å². The third-order valence-corrected chi connectivity index (χ3v) is 3.79. The van der Waals surface area contributed by atoms with Gasteiger partial charge in [-0.25, -0.2) is 0 Å². The summed E-state index contributed by atoms with van der Waals surface area (Å²) in [6.45, 7) is 3.09. The monoisotopic (exact) mass is 305 g/mol. The predicted octanol–water partition coefficient (Wildman–Crippen LogP) is 1.57. The average molecular weight is 305 g/mol. The van der Waals surface area contributed by atoms with Crippen molar-refractivity contribution in [1.29, 1.82) is 0 Å². The second kappa shape index (κ2) is 7.29. The van der Waals surface area contributed by atoms with Crippen molar-refractivity contribution >= 4 is 0 Å². The number of hydrogen-bond acceptors (Lipinski definition) is 5. The molecule has 1 heterocycles. The van der Waals surface area contributed by atoms with Crippen molar-refractivity contribution in [3.8, 4) is 11.5 Å². The quantitative estimate of drug-likeness (QED) is 0.812. The van der Waals surface area contributed by atoms with Crippen molar-refractivity contribution in [2.75, 3.05) is 20.8 Å². The first-order chi connectivity index (χ1) is 10.6. The van der Waals surface area contributed by atoms with Crippen LogP contribution in [0.4, 0.5) is 0 Å². The Morgan fingerprint density at radius 3 is 2.68 bits per heavy atom. The van der Waals surface area contributed by atoms with Gasteiger partial charge in [-0.2, -0.15) is 5.10 Å². The molecule has 0 saturated heterocycles. The number of aromatic nitrogens is 2. The maximum absolute atomic E-state index is 10.4. The minimum Gasteiger partial charge on any atom is -0.497 e. The highest BCUT2D eigenvalue weighted by atomic mass is 16.5. The maximum Gasteiger partial charge on any atom is 0.124 e. The number of nitrogens with zero attached hydrogens (tertiary/aromatic N) is 2. The van der Waals surface area contributed by atoms with E-state index in [0.717, 1.165) is 11.3 Å². The summed E-state index contributed by atoms with van der Waals surface area (Å²) in [4.78, 5) is 0. The summed E-state index contributed by atoms with van der Waals surface area (Å²) in [7, 11) is 5.10. The minimum atomic E-state index is -0.679. The van der Waals surface area contributed by atoms with Crippen LogP contribution >= 0.6 is 0 Å². The van der Waals surface area contributed by atoms with Crippen LogP contribution in [-0.2, 0) is 13.6 Å². The van der Waals surface area contributed by atoms with Crippen LogP contribution in [-0.4, -0.2) is 35.7 Å². The Morgan fingerprint density at radius 2 is 2.09 bits per heavy atom. The molecule has 6 nitrogen and oxygen atoms in total. The Morgan fingerprint density at radius 1 is 1.32 bits per heavy atom. The Balaban J connectivity index is 2.00. The average Bonchev–Trinajstić information content (AvgIpc) is 2.86. The number of aliphatic hydroxyl groups is 1. The number of rotatable bonds is 7. The summed E-state index contributed by atoms with van der Waals surface area (Å²) >= 11 is 0. The molecular weight excluding hydrogens is 282 g/mol. The van der Waals surface area contributed by atoms with E-state index in [1.807, 2.05) is 30.9 Å². The van der Waals surface area contributed by atoms with Gasteiger partial charge in [0.15, 0.2) is 0 Å². The highest BCUT2D eigenvalue weighted by Crippen LogP contribution is 2.29. The molecule has 1 aromatic heterocycles. The second-order valence-corrected chi connectivity index (χ2v) is 5.13. The largest absolute Gasteiger partial charge is 0.497 e. The number of ether oxygens (including phenoxy) is 2. The Bertz CT molecular complexity index is 625. The lowest BCUT2D eigenvalue weighted by molar-refractivity contribution is 0.169. The highest BCUT2D eigenvalue weighted by Gasteiger charge is 2.14. The summed E-state index contributed by atoms with van der Waals surface area (Å²) in [5.41, 5.74) is 2.94. The number of aryl methyl sites for hydroxylation is 1. The summed E-state index contributed by atoms with van der Waals surface area (Å²) in [5, 5.41) is 17.8. The lowest BCUT2D eigenvalue weighted by Crippen LogP contribution is -2.21. The van der Waals surface area contributed by atoms with E-state index in [2.05, 4.69) is 10.4 Å². The van der Waals surface area contributed by atoms with Gasteiger partial charge in [0.2, 0.25) is 0 Å². The van der Waals surface area contributed by atoms with E-state index in [1.54, 1.807) is 26.4 Å². The van der Waals surface area contributed by atoms with E-state index >= 15 is 0 Å². The van der Waals surface area contributed by atoms with Gasteiger partial charge in [-0.3, -0.25) is 4.68 Å². The molecule has 2 N–H and O–H groups in total. The molecule has 0 aliphatic rings. The van der Waals surface area contributed by atoms with Crippen molar-refractivity contribution in [1.82, 2.24) is 15.1 Å². The van der Waals surface area contributed by atoms with Crippen LogP contribution in [0.1, 0.15) is 22.9 Å². The second-order valence-electron chi connectivity index (χ2n) is 5.13. The summed E-state index contributed by atoms with van der Waals surface area (Å²) in [5.74, 6) is 1.34. The maximum atomic E-state index is 10.4. The smallest absolute Gasteiger partial charge is 0.124 e. The van der Waals surface area contributed by atoms with Gasteiger partial charge in [-0.15, -0.1) is 0 Å². The van der Waals surface area contributed by atoms with Crippen molar-refractivity contribution < 1.29 is 14.6 Å². The molecule has 6 heteroatoms. The molecule has 0 aliphatic carbocycles. The van der Waals surface area contributed by atoms with Gasteiger partial charge in [0, 0.05) is 37.0 Å². The normalized spacial score (nSPS) is 12.2. The van der Waals surface area contributed by atoms with Gasteiger partial charge < -0.3 is 19.9 Å². The van der Waals surface area contributed by atoms with Gasteiger partial charge in [-0.1, -0.05) is 0 Å². The zero-order valence-electron chi connectivity index (χ0n) is 13.5. The Kier molecular flexibility index (Phi) is 5.41. The molecule has 1 unspecified atom stereocenters. The van der Waals surface area contributed by atoms with Crippen molar-refractivity contribution in [3.05, 3.63) is 41.2 Å². The Labute approximate surface area is 130 Å². The zero-order valence-corrected chi connectivity index (χ0v) is 13.5. The molecule has 2 aromatic rings. The van der Waals surface area contributed by atoms with Gasteiger partial charge >= 0.3 is 0 Å². The van der Waals surface area contributed by atoms with Gasteiger partial charge in [0.25, 0.3) is 0 Å². The van der Waals surface area contributed by atoms with E-state index in [-0.39, 0.29) is 0 Å². The third kappa shape index (κ3) is 3.58. The first-order valence-electron chi connectivity index (χ1n) is 7.15. The van der Waals surface area contributed by atoms with Crippen LogP contribution in [0.5, 0.6) is 11.5 Å². The standard InChI is InChI=1S/C16H23N3O3/c1-11-12(9-18-19(11)2)8-17-10-15(20)14-7-13(21-3)5-6-16(14)22-4/h5-7,9,15,17,20H,8,10H2,1-4H3. The fourth-order valence-electron chi connectivity index (χ4n) is 2.27. The molecule has 22 heavy (non-hydrogen) atoms. The number of nitrogens with one attached hydrogen (secondary N) is 1. The van der Waals surface area contributed by atoms with Crippen LogP contribution in [0.15, 0.2) is 24.4 Å². The molecule has 0 amide bonds. The van der Waals surface area contributed by atoms with Crippen molar-refractivity contribution in [2.24, 2.45) is 7.05 Å². The number of benzene rings is 1. The number of hydrogen-bond donors (Lipinski definition) is 2. The van der Waals surface area contributed by atoms with E-state index in [1.165, 1.54) is 0 Å². The lowest BCUT2D eigenvalue weighted by atomic mass is 10.1. The predicted molar refractivity (Wildman–Crippen MR) is 84.2 cm³/mol. The first kappa shape index (κ1) is 16.3. The van der Waals surface area contributed by atoms with Crippen LogP contribution in [0, 0.1) is 6.92 Å². The molecule has 0 bridgehead atoms. The molecular formula is C16H23N3O3. The van der Waals surface area contributed by atoms with E-state index in [9.17, 15) is 5.11 Å². The topological polar surface area (TPSA) is 68.5 Å². The lowest BCUT2D eigenvalue weighted by Gasteiger charge is -2.16. The van der Waals surface area contributed by atoms with Crippen LogP contribution in [0.25, 0.3) is 0 Å². The number of methoxy groups -OCH3 is 2. The molecule has 0 fully saturated rings. The van der Waals surface area contributed by atoms with Gasteiger partial charge in [0.05, 0.1) is 26.5 Å². The molecule has 2 rings (SSSR count). The zero-order chi connectivity index (χ0) is 16.1. The SMILES string of the molecule is COc1ccc(OC)c(C(O)CNCc2cnn(C)c2C)c1. The molecule has 0 aliphatic heterocycles. The molecule has 0 saturated carbocycles. The van der Waals surface area contributed by atoms with E-state index in [4.69, 9.17) is 9.47 Å². The van der Waals surface area contributed by atoms with Gasteiger partial charge in [-0.05, 0) is 25.1 Å².